The van der Waals surface area contributed by atoms with Gasteiger partial charge in [0.25, 0.3) is 0 Å². The summed E-state index contributed by atoms with van der Waals surface area (Å²) < 4.78 is 15.6. The summed E-state index contributed by atoms with van der Waals surface area (Å²) in [6.07, 6.45) is 1.15. The maximum absolute atomic E-state index is 14.1. The van der Waals surface area contributed by atoms with Gasteiger partial charge in [0.2, 0.25) is 11.6 Å². The van der Waals surface area contributed by atoms with E-state index in [0.717, 1.165) is 16.5 Å². The lowest BCUT2D eigenvalue weighted by atomic mass is 10.3. The standard InChI is InChI=1S/C17H10BrFN6O2S/c18-9-5-6-11(10(19)7-9)22-15-14(25(26)27)16(21-8-20-15)24-17-23-12-3-1-2-4-13(12)28-17/h1-8H,(H2,20,21,22,23,24). The molecule has 0 saturated carbocycles. The fourth-order valence-corrected chi connectivity index (χ4v) is 3.68. The van der Waals surface area contributed by atoms with Crippen LogP contribution in [0.5, 0.6) is 0 Å². The SMILES string of the molecule is O=[N+]([O-])c1c(Nc2nc3ccccc3s2)ncnc1Nc1ccc(Br)cc1F. The molecule has 4 rings (SSSR count). The minimum absolute atomic E-state index is 0.0425. The van der Waals surface area contributed by atoms with E-state index >= 15 is 0 Å². The lowest BCUT2D eigenvalue weighted by Crippen LogP contribution is -2.06. The summed E-state index contributed by atoms with van der Waals surface area (Å²) in [7, 11) is 0. The summed E-state index contributed by atoms with van der Waals surface area (Å²) in [5.41, 5.74) is 0.405. The number of aromatic nitrogens is 3. The number of benzene rings is 2. The van der Waals surface area contributed by atoms with Crippen molar-refractivity contribution in [3.63, 3.8) is 0 Å². The Hall–Kier alpha value is -3.18. The molecule has 2 N–H and O–H groups in total. The summed E-state index contributed by atoms with van der Waals surface area (Å²) >= 11 is 4.50. The Morgan fingerprint density at radius 2 is 1.86 bits per heavy atom. The van der Waals surface area contributed by atoms with E-state index in [-0.39, 0.29) is 17.3 Å². The van der Waals surface area contributed by atoms with Crippen LogP contribution in [0, 0.1) is 15.9 Å². The molecule has 0 bridgehead atoms. The Morgan fingerprint density at radius 3 is 2.57 bits per heavy atom. The molecule has 0 unspecified atom stereocenters. The van der Waals surface area contributed by atoms with Crippen molar-refractivity contribution in [2.45, 2.75) is 0 Å². The van der Waals surface area contributed by atoms with Crippen LogP contribution >= 0.6 is 27.3 Å². The average molecular weight is 461 g/mol. The minimum Gasteiger partial charge on any atom is -0.332 e. The maximum Gasteiger partial charge on any atom is 0.353 e. The van der Waals surface area contributed by atoms with Gasteiger partial charge < -0.3 is 10.6 Å². The van der Waals surface area contributed by atoms with Crippen molar-refractivity contribution in [2.24, 2.45) is 0 Å². The van der Waals surface area contributed by atoms with Crippen molar-refractivity contribution in [3.05, 3.63) is 69.2 Å². The van der Waals surface area contributed by atoms with Gasteiger partial charge in [-0.05, 0) is 30.3 Å². The fraction of sp³-hybridized carbons (Fsp3) is 0. The Labute approximate surface area is 169 Å². The zero-order valence-electron chi connectivity index (χ0n) is 13.9. The molecule has 140 valence electrons. The highest BCUT2D eigenvalue weighted by molar-refractivity contribution is 9.10. The average Bonchev–Trinajstić information content (AvgIpc) is 3.06. The number of para-hydroxylation sites is 1. The van der Waals surface area contributed by atoms with Crippen LogP contribution in [-0.4, -0.2) is 19.9 Å². The predicted molar refractivity (Wildman–Crippen MR) is 109 cm³/mol. The number of hydrogen-bond acceptors (Lipinski definition) is 8. The summed E-state index contributed by atoms with van der Waals surface area (Å²) in [6.45, 7) is 0. The van der Waals surface area contributed by atoms with E-state index in [2.05, 4.69) is 41.5 Å². The molecule has 2 aromatic heterocycles. The molecule has 0 aliphatic carbocycles. The normalized spacial score (nSPS) is 10.8. The molecule has 11 heteroatoms. The molecule has 0 radical (unpaired) electrons. The number of rotatable bonds is 5. The van der Waals surface area contributed by atoms with E-state index in [1.54, 1.807) is 6.07 Å². The summed E-state index contributed by atoms with van der Waals surface area (Å²) in [4.78, 5) is 23.3. The van der Waals surface area contributed by atoms with E-state index in [1.165, 1.54) is 23.5 Å². The Bertz CT molecular complexity index is 1170. The number of thiazole rings is 1. The second-order valence-corrected chi connectivity index (χ2v) is 7.48. The predicted octanol–water partition coefficient (Wildman–Crippen LogP) is 5.38. The van der Waals surface area contributed by atoms with Gasteiger partial charge in [-0.2, -0.15) is 0 Å². The van der Waals surface area contributed by atoms with Crippen LogP contribution in [0.4, 0.5) is 32.5 Å². The summed E-state index contributed by atoms with van der Waals surface area (Å²) in [6, 6.07) is 11.8. The van der Waals surface area contributed by atoms with Crippen molar-refractivity contribution in [1.82, 2.24) is 15.0 Å². The number of nitrogens with one attached hydrogen (secondary N) is 2. The first kappa shape index (κ1) is 18.2. The number of fused-ring (bicyclic) bond motifs is 1. The van der Waals surface area contributed by atoms with Crippen molar-refractivity contribution < 1.29 is 9.31 Å². The molecular weight excluding hydrogens is 451 g/mol. The van der Waals surface area contributed by atoms with Gasteiger partial charge in [0.1, 0.15) is 12.1 Å². The number of halogens is 2. The van der Waals surface area contributed by atoms with Gasteiger partial charge in [-0.3, -0.25) is 10.1 Å². The van der Waals surface area contributed by atoms with Crippen LogP contribution in [0.3, 0.4) is 0 Å². The topological polar surface area (TPSA) is 106 Å². The highest BCUT2D eigenvalue weighted by Gasteiger charge is 2.24. The van der Waals surface area contributed by atoms with Crippen LogP contribution in [0.25, 0.3) is 10.2 Å². The van der Waals surface area contributed by atoms with Crippen molar-refractivity contribution in [1.29, 1.82) is 0 Å². The molecule has 4 aromatic rings. The first-order valence-corrected chi connectivity index (χ1v) is 9.46. The third-order valence-electron chi connectivity index (χ3n) is 3.71. The first-order valence-electron chi connectivity index (χ1n) is 7.85. The van der Waals surface area contributed by atoms with E-state index in [9.17, 15) is 14.5 Å². The van der Waals surface area contributed by atoms with Gasteiger partial charge >= 0.3 is 5.69 Å². The third kappa shape index (κ3) is 3.62. The van der Waals surface area contributed by atoms with Crippen LogP contribution in [0.2, 0.25) is 0 Å². The zero-order chi connectivity index (χ0) is 19.7. The van der Waals surface area contributed by atoms with Gasteiger partial charge in [-0.15, -0.1) is 0 Å². The Kier molecular flexibility index (Phi) is 4.84. The van der Waals surface area contributed by atoms with Crippen LogP contribution in [0.1, 0.15) is 0 Å². The van der Waals surface area contributed by atoms with Crippen LogP contribution in [-0.2, 0) is 0 Å². The zero-order valence-corrected chi connectivity index (χ0v) is 16.3. The molecule has 28 heavy (non-hydrogen) atoms. The van der Waals surface area contributed by atoms with Gasteiger partial charge in [0.05, 0.1) is 20.8 Å². The molecule has 2 aromatic carbocycles. The first-order chi connectivity index (χ1) is 13.5. The lowest BCUT2D eigenvalue weighted by molar-refractivity contribution is -0.383. The van der Waals surface area contributed by atoms with E-state index in [0.29, 0.717) is 9.60 Å². The molecular formula is C17H10BrFN6O2S. The Balaban J connectivity index is 1.71. The van der Waals surface area contributed by atoms with Gasteiger partial charge in [-0.1, -0.05) is 39.4 Å². The van der Waals surface area contributed by atoms with Gasteiger partial charge in [0, 0.05) is 4.47 Å². The second kappa shape index (κ2) is 7.44. The molecule has 0 aliphatic heterocycles. The highest BCUT2D eigenvalue weighted by atomic mass is 79.9. The van der Waals surface area contributed by atoms with Crippen LogP contribution in [0.15, 0.2) is 53.3 Å². The Morgan fingerprint density at radius 1 is 1.11 bits per heavy atom. The van der Waals surface area contributed by atoms with E-state index in [1.807, 2.05) is 24.3 Å². The molecule has 0 saturated heterocycles. The van der Waals surface area contributed by atoms with Crippen molar-refractivity contribution >= 4 is 65.6 Å². The third-order valence-corrected chi connectivity index (χ3v) is 5.15. The number of nitrogens with zero attached hydrogens (tertiary/aromatic N) is 4. The smallest absolute Gasteiger partial charge is 0.332 e. The number of nitro groups is 1. The molecule has 0 atom stereocenters. The molecule has 0 amide bonds. The number of anilines is 4. The molecule has 2 heterocycles. The lowest BCUT2D eigenvalue weighted by Gasteiger charge is -2.09. The highest BCUT2D eigenvalue weighted by Crippen LogP contribution is 2.35. The van der Waals surface area contributed by atoms with E-state index in [4.69, 9.17) is 0 Å². The van der Waals surface area contributed by atoms with Gasteiger partial charge in [0.15, 0.2) is 5.13 Å². The molecule has 0 aliphatic rings. The largest absolute Gasteiger partial charge is 0.353 e. The number of hydrogen-bond donors (Lipinski definition) is 2. The van der Waals surface area contributed by atoms with Crippen molar-refractivity contribution in [3.8, 4) is 0 Å². The van der Waals surface area contributed by atoms with Crippen LogP contribution < -0.4 is 10.6 Å². The molecule has 8 nitrogen and oxygen atoms in total. The quantitative estimate of drug-likeness (QED) is 0.304. The van der Waals surface area contributed by atoms with Crippen molar-refractivity contribution in [2.75, 3.05) is 10.6 Å². The second-order valence-electron chi connectivity index (χ2n) is 5.54. The fourth-order valence-electron chi connectivity index (χ4n) is 2.48. The molecule has 0 fully saturated rings. The van der Waals surface area contributed by atoms with E-state index < -0.39 is 16.4 Å². The maximum atomic E-state index is 14.1. The summed E-state index contributed by atoms with van der Waals surface area (Å²) in [5, 5.41) is 17.6. The van der Waals surface area contributed by atoms with Gasteiger partial charge in [-0.25, -0.2) is 19.3 Å². The summed E-state index contributed by atoms with van der Waals surface area (Å²) in [5.74, 6) is -0.758. The minimum atomic E-state index is -0.630. The molecule has 0 spiro atoms. The monoisotopic (exact) mass is 460 g/mol.